The summed E-state index contributed by atoms with van der Waals surface area (Å²) in [6, 6.07) is 9.94. The van der Waals surface area contributed by atoms with Gasteiger partial charge in [0.2, 0.25) is 0 Å². The average Bonchev–Trinajstić information content (AvgIpc) is 2.29. The molecule has 0 aliphatic rings. The molecule has 17 heavy (non-hydrogen) atoms. The van der Waals surface area contributed by atoms with Crippen LogP contribution in [-0.4, -0.2) is 10.1 Å². The number of hydrogen-bond acceptors (Lipinski definition) is 2. The van der Waals surface area contributed by atoms with Crippen molar-refractivity contribution < 1.29 is 9.50 Å². The van der Waals surface area contributed by atoms with Crippen LogP contribution >= 0.6 is 0 Å². The summed E-state index contributed by atoms with van der Waals surface area (Å²) in [5.41, 5.74) is 2.42. The van der Waals surface area contributed by atoms with Crippen LogP contribution in [0.5, 0.6) is 0 Å². The van der Waals surface area contributed by atoms with Gasteiger partial charge < -0.3 is 5.11 Å². The van der Waals surface area contributed by atoms with Crippen molar-refractivity contribution in [2.24, 2.45) is 0 Å². The molecule has 0 spiro atoms. The van der Waals surface area contributed by atoms with E-state index in [2.05, 4.69) is 4.98 Å². The van der Waals surface area contributed by atoms with Crippen LogP contribution in [0.1, 0.15) is 22.9 Å². The van der Waals surface area contributed by atoms with Gasteiger partial charge in [-0.1, -0.05) is 18.2 Å². The molecule has 2 rings (SSSR count). The number of aliphatic hydroxyl groups excluding tert-OH is 1. The molecule has 1 atom stereocenters. The summed E-state index contributed by atoms with van der Waals surface area (Å²) >= 11 is 0. The zero-order chi connectivity index (χ0) is 12.3. The van der Waals surface area contributed by atoms with E-state index in [1.165, 1.54) is 12.1 Å². The molecule has 0 saturated carbocycles. The number of benzene rings is 1. The van der Waals surface area contributed by atoms with Gasteiger partial charge in [-0.3, -0.25) is 4.98 Å². The summed E-state index contributed by atoms with van der Waals surface area (Å²) in [5.74, 6) is -0.286. The van der Waals surface area contributed by atoms with E-state index in [1.54, 1.807) is 24.4 Å². The molecule has 1 heterocycles. The zero-order valence-corrected chi connectivity index (χ0v) is 9.60. The van der Waals surface area contributed by atoms with E-state index in [0.717, 1.165) is 11.1 Å². The van der Waals surface area contributed by atoms with Crippen molar-refractivity contribution in [3.8, 4) is 0 Å². The summed E-state index contributed by atoms with van der Waals surface area (Å²) in [4.78, 5) is 4.15. The zero-order valence-electron chi connectivity index (χ0n) is 9.60. The summed E-state index contributed by atoms with van der Waals surface area (Å²) < 4.78 is 13.0. The number of aliphatic hydroxyl groups is 1. The van der Waals surface area contributed by atoms with Crippen LogP contribution in [0.2, 0.25) is 0 Å². The Kier molecular flexibility index (Phi) is 3.49. The van der Waals surface area contributed by atoms with Crippen molar-refractivity contribution in [1.82, 2.24) is 4.98 Å². The highest BCUT2D eigenvalue weighted by Gasteiger charge is 2.10. The number of pyridine rings is 1. The quantitative estimate of drug-likeness (QED) is 0.881. The van der Waals surface area contributed by atoms with Gasteiger partial charge in [0.05, 0.1) is 11.8 Å². The highest BCUT2D eigenvalue weighted by atomic mass is 19.1. The fraction of sp³-hybridized carbons (Fsp3) is 0.214. The van der Waals surface area contributed by atoms with Crippen LogP contribution in [0.25, 0.3) is 0 Å². The number of halogens is 1. The largest absolute Gasteiger partial charge is 0.386 e. The molecule has 0 fully saturated rings. The lowest BCUT2D eigenvalue weighted by Gasteiger charge is -2.10. The van der Waals surface area contributed by atoms with Crippen molar-refractivity contribution in [3.05, 3.63) is 65.2 Å². The molecule has 2 nitrogen and oxygen atoms in total. The Morgan fingerprint density at radius 2 is 2.12 bits per heavy atom. The third-order valence-corrected chi connectivity index (χ3v) is 2.59. The second-order valence-corrected chi connectivity index (χ2v) is 4.11. The van der Waals surface area contributed by atoms with Gasteiger partial charge in [0.15, 0.2) is 0 Å². The van der Waals surface area contributed by atoms with Crippen molar-refractivity contribution in [2.75, 3.05) is 0 Å². The molecule has 0 amide bonds. The van der Waals surface area contributed by atoms with Crippen LogP contribution in [0.4, 0.5) is 4.39 Å². The number of rotatable bonds is 3. The first-order valence-electron chi connectivity index (χ1n) is 5.50. The first kappa shape index (κ1) is 11.7. The summed E-state index contributed by atoms with van der Waals surface area (Å²) in [6.45, 7) is 1.94. The van der Waals surface area contributed by atoms with Gasteiger partial charge in [-0.05, 0) is 36.2 Å². The molecule has 1 aromatic heterocycles. The molecular weight excluding hydrogens is 217 g/mol. The molecular formula is C14H14FNO. The van der Waals surface area contributed by atoms with Crippen molar-refractivity contribution >= 4 is 0 Å². The number of aromatic nitrogens is 1. The monoisotopic (exact) mass is 231 g/mol. The van der Waals surface area contributed by atoms with E-state index in [9.17, 15) is 9.50 Å². The molecule has 1 aromatic carbocycles. The summed E-state index contributed by atoms with van der Waals surface area (Å²) in [6.07, 6.45) is 1.38. The van der Waals surface area contributed by atoms with E-state index in [-0.39, 0.29) is 5.82 Å². The molecule has 0 saturated heterocycles. The second-order valence-electron chi connectivity index (χ2n) is 4.11. The SMILES string of the molecule is Cc1ccc(C(O)Cc2cccc(F)c2)nc1. The molecule has 1 unspecified atom stereocenters. The first-order valence-corrected chi connectivity index (χ1v) is 5.50. The molecule has 1 N–H and O–H groups in total. The Labute approximate surface area is 99.8 Å². The van der Waals surface area contributed by atoms with Crippen molar-refractivity contribution in [3.63, 3.8) is 0 Å². The number of aryl methyl sites for hydroxylation is 1. The fourth-order valence-corrected chi connectivity index (χ4v) is 1.67. The molecule has 0 bridgehead atoms. The van der Waals surface area contributed by atoms with Gasteiger partial charge >= 0.3 is 0 Å². The molecule has 3 heteroatoms. The van der Waals surface area contributed by atoms with E-state index >= 15 is 0 Å². The summed E-state index contributed by atoms with van der Waals surface area (Å²) in [5, 5.41) is 9.97. The lowest BCUT2D eigenvalue weighted by atomic mass is 10.0. The van der Waals surface area contributed by atoms with Gasteiger partial charge in [0.1, 0.15) is 5.82 Å². The Morgan fingerprint density at radius 3 is 2.76 bits per heavy atom. The third kappa shape index (κ3) is 3.11. The van der Waals surface area contributed by atoms with Gasteiger partial charge in [-0.2, -0.15) is 0 Å². The number of hydrogen-bond donors (Lipinski definition) is 1. The molecule has 88 valence electrons. The van der Waals surface area contributed by atoms with Gasteiger partial charge in [0, 0.05) is 12.6 Å². The number of nitrogens with zero attached hydrogens (tertiary/aromatic N) is 1. The molecule has 0 radical (unpaired) electrons. The Bertz CT molecular complexity index is 496. The van der Waals surface area contributed by atoms with Crippen molar-refractivity contribution in [1.29, 1.82) is 0 Å². The maximum absolute atomic E-state index is 13.0. The summed E-state index contributed by atoms with van der Waals surface area (Å²) in [7, 11) is 0. The third-order valence-electron chi connectivity index (χ3n) is 2.59. The Balaban J connectivity index is 2.11. The first-order chi connectivity index (χ1) is 8.15. The lowest BCUT2D eigenvalue weighted by Crippen LogP contribution is -2.04. The standard InChI is InChI=1S/C14H14FNO/c1-10-5-6-13(16-9-10)14(17)8-11-3-2-4-12(15)7-11/h2-7,9,14,17H,8H2,1H3. The minimum atomic E-state index is -0.697. The van der Waals surface area contributed by atoms with Crippen LogP contribution < -0.4 is 0 Å². The predicted octanol–water partition coefficient (Wildman–Crippen LogP) is 2.81. The molecule has 2 aromatic rings. The van der Waals surface area contributed by atoms with E-state index in [4.69, 9.17) is 0 Å². The van der Waals surface area contributed by atoms with E-state index in [0.29, 0.717) is 12.1 Å². The van der Waals surface area contributed by atoms with Gasteiger partial charge in [-0.25, -0.2) is 4.39 Å². The van der Waals surface area contributed by atoms with Crippen LogP contribution in [0.3, 0.4) is 0 Å². The van der Waals surface area contributed by atoms with E-state index < -0.39 is 6.10 Å². The van der Waals surface area contributed by atoms with Crippen molar-refractivity contribution in [2.45, 2.75) is 19.4 Å². The van der Waals surface area contributed by atoms with Gasteiger partial charge in [0.25, 0.3) is 0 Å². The highest BCUT2D eigenvalue weighted by Crippen LogP contribution is 2.17. The topological polar surface area (TPSA) is 33.1 Å². The Morgan fingerprint density at radius 1 is 1.29 bits per heavy atom. The van der Waals surface area contributed by atoms with E-state index in [1.807, 2.05) is 13.0 Å². The normalized spacial score (nSPS) is 12.4. The smallest absolute Gasteiger partial charge is 0.123 e. The molecule has 0 aliphatic carbocycles. The maximum Gasteiger partial charge on any atom is 0.123 e. The second kappa shape index (κ2) is 5.06. The maximum atomic E-state index is 13.0. The lowest BCUT2D eigenvalue weighted by molar-refractivity contribution is 0.173. The molecule has 0 aliphatic heterocycles. The minimum Gasteiger partial charge on any atom is -0.386 e. The predicted molar refractivity (Wildman–Crippen MR) is 64.0 cm³/mol. The van der Waals surface area contributed by atoms with Crippen LogP contribution in [0, 0.1) is 12.7 Å². The Hall–Kier alpha value is -1.74. The van der Waals surface area contributed by atoms with Crippen LogP contribution in [-0.2, 0) is 6.42 Å². The fourth-order valence-electron chi connectivity index (χ4n) is 1.67. The van der Waals surface area contributed by atoms with Gasteiger partial charge in [-0.15, -0.1) is 0 Å². The average molecular weight is 231 g/mol. The minimum absolute atomic E-state index is 0.286. The van der Waals surface area contributed by atoms with Crippen LogP contribution in [0.15, 0.2) is 42.6 Å². The highest BCUT2D eigenvalue weighted by molar-refractivity contribution is 5.20.